The number of benzene rings is 1. The Bertz CT molecular complexity index is 670. The summed E-state index contributed by atoms with van der Waals surface area (Å²) in [5.74, 6) is -0.775. The summed E-state index contributed by atoms with van der Waals surface area (Å²) >= 11 is 0. The second-order valence-corrected chi connectivity index (χ2v) is 8.55. The number of sulfonamides is 1. The van der Waals surface area contributed by atoms with Crippen LogP contribution in [-0.4, -0.2) is 34.4 Å². The maximum Gasteiger partial charge on any atom is 0.243 e. The van der Waals surface area contributed by atoms with Gasteiger partial charge in [-0.2, -0.15) is 0 Å². The molecule has 0 spiro atoms. The molecule has 0 amide bonds. The molecule has 1 aliphatic heterocycles. The number of nitrogens with one attached hydrogen (secondary N) is 1. The van der Waals surface area contributed by atoms with Crippen molar-refractivity contribution in [2.24, 2.45) is 0 Å². The van der Waals surface area contributed by atoms with Gasteiger partial charge < -0.3 is 0 Å². The third-order valence-electron chi connectivity index (χ3n) is 3.09. The van der Waals surface area contributed by atoms with Crippen molar-refractivity contribution in [3.8, 4) is 0 Å². The molecular formula is C11H14FNO4S2. The zero-order chi connectivity index (χ0) is 14.1. The van der Waals surface area contributed by atoms with E-state index in [-0.39, 0.29) is 12.3 Å². The van der Waals surface area contributed by atoms with Crippen molar-refractivity contribution in [1.82, 2.24) is 4.72 Å². The highest BCUT2D eigenvalue weighted by molar-refractivity contribution is 7.92. The zero-order valence-electron chi connectivity index (χ0n) is 10.0. The van der Waals surface area contributed by atoms with Gasteiger partial charge in [0.15, 0.2) is 9.84 Å². The second kappa shape index (κ2) is 5.18. The van der Waals surface area contributed by atoms with E-state index in [9.17, 15) is 21.2 Å². The molecule has 5 nitrogen and oxygen atoms in total. The van der Waals surface area contributed by atoms with Crippen molar-refractivity contribution < 1.29 is 21.2 Å². The summed E-state index contributed by atoms with van der Waals surface area (Å²) in [6.45, 7) is -0.209. The first kappa shape index (κ1) is 14.4. The molecule has 0 aliphatic carbocycles. The molecule has 106 valence electrons. The van der Waals surface area contributed by atoms with Crippen LogP contribution in [0.25, 0.3) is 0 Å². The summed E-state index contributed by atoms with van der Waals surface area (Å²) in [6.07, 6.45) is 0.969. The number of hydrogen-bond donors (Lipinski definition) is 1. The quantitative estimate of drug-likeness (QED) is 0.887. The molecule has 19 heavy (non-hydrogen) atoms. The molecule has 1 saturated heterocycles. The summed E-state index contributed by atoms with van der Waals surface area (Å²) in [5, 5.41) is -0.714. The minimum Gasteiger partial charge on any atom is -0.229 e. The van der Waals surface area contributed by atoms with Gasteiger partial charge in [0.25, 0.3) is 0 Å². The van der Waals surface area contributed by atoms with Crippen LogP contribution in [0.15, 0.2) is 29.2 Å². The van der Waals surface area contributed by atoms with E-state index in [0.29, 0.717) is 12.8 Å². The minimum absolute atomic E-state index is 0.0824. The second-order valence-electron chi connectivity index (χ2n) is 4.41. The molecule has 8 heteroatoms. The first-order chi connectivity index (χ1) is 8.83. The van der Waals surface area contributed by atoms with Crippen molar-refractivity contribution >= 4 is 19.9 Å². The van der Waals surface area contributed by atoms with Crippen LogP contribution in [-0.2, 0) is 19.9 Å². The predicted octanol–water partition coefficient (Wildman–Crippen LogP) is 0.681. The predicted molar refractivity (Wildman–Crippen MR) is 68.4 cm³/mol. The highest BCUT2D eigenvalue weighted by Gasteiger charge is 2.32. The third kappa shape index (κ3) is 3.13. The summed E-state index contributed by atoms with van der Waals surface area (Å²) in [6, 6.07) is 4.97. The lowest BCUT2D eigenvalue weighted by molar-refractivity contribution is 0.553. The largest absolute Gasteiger partial charge is 0.243 e. The van der Waals surface area contributed by atoms with E-state index in [1.807, 2.05) is 0 Å². The van der Waals surface area contributed by atoms with Gasteiger partial charge in [0.05, 0.1) is 11.0 Å². The van der Waals surface area contributed by atoms with Crippen molar-refractivity contribution in [2.45, 2.75) is 23.0 Å². The Kier molecular flexibility index (Phi) is 3.93. The van der Waals surface area contributed by atoms with Gasteiger partial charge in [-0.15, -0.1) is 0 Å². The fraction of sp³-hybridized carbons (Fsp3) is 0.455. The zero-order valence-corrected chi connectivity index (χ0v) is 11.7. The maximum absolute atomic E-state index is 13.4. The van der Waals surface area contributed by atoms with Crippen molar-refractivity contribution in [2.75, 3.05) is 12.3 Å². The monoisotopic (exact) mass is 307 g/mol. The molecule has 0 radical (unpaired) electrons. The topological polar surface area (TPSA) is 80.3 Å². The molecule has 2 rings (SSSR count). The first-order valence-electron chi connectivity index (χ1n) is 5.79. The van der Waals surface area contributed by atoms with E-state index in [1.165, 1.54) is 12.1 Å². The van der Waals surface area contributed by atoms with Crippen molar-refractivity contribution in [3.05, 3.63) is 30.1 Å². The third-order valence-corrected chi connectivity index (χ3v) is 6.82. The van der Waals surface area contributed by atoms with Gasteiger partial charge in [0.1, 0.15) is 10.7 Å². The fourth-order valence-corrected chi connectivity index (χ4v) is 5.06. The number of halogens is 1. The lowest BCUT2D eigenvalue weighted by Gasteiger charge is -2.11. The summed E-state index contributed by atoms with van der Waals surface area (Å²) in [5.41, 5.74) is 0. The Balaban J connectivity index is 2.13. The molecule has 1 unspecified atom stereocenters. The van der Waals surface area contributed by atoms with E-state index in [4.69, 9.17) is 0 Å². The Hall–Kier alpha value is -0.990. The molecule has 0 bridgehead atoms. The molecule has 1 aromatic carbocycles. The van der Waals surface area contributed by atoms with Crippen LogP contribution >= 0.6 is 0 Å². The Morgan fingerprint density at radius 2 is 2.00 bits per heavy atom. The molecule has 1 atom stereocenters. The van der Waals surface area contributed by atoms with Gasteiger partial charge in [-0.3, -0.25) is 0 Å². The average molecular weight is 307 g/mol. The first-order valence-corrected chi connectivity index (χ1v) is 8.98. The fourth-order valence-electron chi connectivity index (χ4n) is 2.03. The van der Waals surface area contributed by atoms with Gasteiger partial charge in [0, 0.05) is 6.54 Å². The van der Waals surface area contributed by atoms with Gasteiger partial charge >= 0.3 is 0 Å². The van der Waals surface area contributed by atoms with Crippen LogP contribution in [0.4, 0.5) is 4.39 Å². The smallest absolute Gasteiger partial charge is 0.229 e. The maximum atomic E-state index is 13.4. The average Bonchev–Trinajstić information content (AvgIpc) is 2.66. The number of hydrogen-bond acceptors (Lipinski definition) is 4. The summed E-state index contributed by atoms with van der Waals surface area (Å²) in [7, 11) is -7.24. The van der Waals surface area contributed by atoms with Crippen LogP contribution in [0.2, 0.25) is 0 Å². The van der Waals surface area contributed by atoms with Crippen LogP contribution in [0.3, 0.4) is 0 Å². The van der Waals surface area contributed by atoms with Crippen molar-refractivity contribution in [1.29, 1.82) is 0 Å². The Morgan fingerprint density at radius 1 is 1.32 bits per heavy atom. The van der Waals surface area contributed by atoms with Gasteiger partial charge in [-0.1, -0.05) is 12.1 Å². The SMILES string of the molecule is O=S(=O)(NCC1CCCS1(=O)=O)c1ccccc1F. The van der Waals surface area contributed by atoms with Crippen LogP contribution < -0.4 is 4.72 Å². The summed E-state index contributed by atoms with van der Waals surface area (Å²) in [4.78, 5) is -0.467. The molecule has 1 N–H and O–H groups in total. The lowest BCUT2D eigenvalue weighted by Crippen LogP contribution is -2.34. The van der Waals surface area contributed by atoms with Crippen molar-refractivity contribution in [3.63, 3.8) is 0 Å². The highest BCUT2D eigenvalue weighted by Crippen LogP contribution is 2.20. The standard InChI is InChI=1S/C11H14FNO4S2/c12-10-5-1-2-6-11(10)19(16,17)13-8-9-4-3-7-18(9,14)15/h1-2,5-6,9,13H,3-4,7-8H2. The molecule has 0 saturated carbocycles. The molecular weight excluding hydrogens is 293 g/mol. The number of rotatable bonds is 4. The lowest BCUT2D eigenvalue weighted by atomic mass is 10.2. The highest BCUT2D eigenvalue weighted by atomic mass is 32.2. The van der Waals surface area contributed by atoms with Crippen LogP contribution in [0, 0.1) is 5.82 Å². The van der Waals surface area contributed by atoms with Crippen LogP contribution in [0.1, 0.15) is 12.8 Å². The molecule has 1 aliphatic rings. The normalized spacial score (nSPS) is 22.5. The molecule has 1 heterocycles. The van der Waals surface area contributed by atoms with E-state index in [1.54, 1.807) is 0 Å². The Morgan fingerprint density at radius 3 is 2.58 bits per heavy atom. The van der Waals surface area contributed by atoms with Crippen LogP contribution in [0.5, 0.6) is 0 Å². The minimum atomic E-state index is -4.02. The summed E-state index contributed by atoms with van der Waals surface area (Å²) < 4.78 is 62.5. The molecule has 1 aromatic rings. The van der Waals surface area contributed by atoms with Gasteiger partial charge in [-0.05, 0) is 25.0 Å². The van der Waals surface area contributed by atoms with Gasteiger partial charge in [0.2, 0.25) is 10.0 Å². The van der Waals surface area contributed by atoms with E-state index in [0.717, 1.165) is 12.1 Å². The number of sulfone groups is 1. The van der Waals surface area contributed by atoms with E-state index >= 15 is 0 Å². The molecule has 0 aromatic heterocycles. The Labute approximate surface area is 111 Å². The van der Waals surface area contributed by atoms with Gasteiger partial charge in [-0.25, -0.2) is 25.9 Å². The molecule has 1 fully saturated rings. The van der Waals surface area contributed by atoms with E-state index < -0.39 is 35.8 Å². The van der Waals surface area contributed by atoms with E-state index in [2.05, 4.69) is 4.72 Å².